The summed E-state index contributed by atoms with van der Waals surface area (Å²) in [5, 5.41) is 19.6. The number of carbonyl (C=O) groups is 2. The molecule has 0 bridgehead atoms. The van der Waals surface area contributed by atoms with E-state index < -0.39 is 0 Å². The zero-order chi connectivity index (χ0) is 26.8. The maximum atomic E-state index is 13.5. The highest BCUT2D eigenvalue weighted by atomic mass is 32.1. The van der Waals surface area contributed by atoms with Gasteiger partial charge in [-0.25, -0.2) is 9.97 Å². The summed E-state index contributed by atoms with van der Waals surface area (Å²) in [4.78, 5) is 39.2. The Hall–Kier alpha value is -4.02. The lowest BCUT2D eigenvalue weighted by atomic mass is 10.0. The molecule has 4 heterocycles. The number of rotatable bonds is 9. The minimum Gasteiger partial charge on any atom is -0.394 e. The molecule has 2 amide bonds. The zero-order valence-corrected chi connectivity index (χ0v) is 22.3. The van der Waals surface area contributed by atoms with E-state index in [1.54, 1.807) is 22.7 Å². The predicted octanol–water partition coefficient (Wildman–Crippen LogP) is 4.31. The van der Waals surface area contributed by atoms with Crippen molar-refractivity contribution in [3.05, 3.63) is 76.0 Å². The summed E-state index contributed by atoms with van der Waals surface area (Å²) in [6.45, 7) is 6.14. The monoisotopic (exact) mass is 530 g/mol. The minimum absolute atomic E-state index is 0.161. The topological polar surface area (TPSA) is 124 Å². The number of amides is 2. The van der Waals surface area contributed by atoms with Gasteiger partial charge in [0, 0.05) is 23.7 Å². The number of nitrogens with one attached hydrogen (secondary N) is 3. The fraction of sp³-hybridized carbons (Fsp3) is 0.286. The summed E-state index contributed by atoms with van der Waals surface area (Å²) in [7, 11) is 0. The van der Waals surface area contributed by atoms with Crippen LogP contribution < -0.4 is 10.6 Å². The smallest absolute Gasteiger partial charge is 0.270 e. The van der Waals surface area contributed by atoms with Gasteiger partial charge in [0.1, 0.15) is 17.2 Å². The van der Waals surface area contributed by atoms with Crippen molar-refractivity contribution in [2.75, 3.05) is 6.61 Å². The van der Waals surface area contributed by atoms with Crippen molar-refractivity contribution >= 4 is 39.8 Å². The highest BCUT2D eigenvalue weighted by Crippen LogP contribution is 2.28. The SMILES string of the molecule is Cc1nc2cc(CNC(=O)c3cccn4c(C(=O)N[C@H](CO)CC(C)C)c(-c5ccsc5)nc34)ccc2[nH]1. The number of aromatic amines is 1. The Bertz CT molecular complexity index is 1600. The van der Waals surface area contributed by atoms with Gasteiger partial charge in [-0.3, -0.25) is 14.0 Å². The molecular formula is C28H30N6O3S. The van der Waals surface area contributed by atoms with E-state index in [4.69, 9.17) is 4.98 Å². The number of pyridine rings is 1. The quantitative estimate of drug-likeness (QED) is 0.226. The Balaban J connectivity index is 1.46. The van der Waals surface area contributed by atoms with E-state index in [0.29, 0.717) is 41.5 Å². The van der Waals surface area contributed by atoms with Crippen LogP contribution >= 0.6 is 11.3 Å². The van der Waals surface area contributed by atoms with E-state index in [0.717, 1.165) is 28.0 Å². The van der Waals surface area contributed by atoms with Crippen molar-refractivity contribution in [1.29, 1.82) is 0 Å². The van der Waals surface area contributed by atoms with Gasteiger partial charge in [0.15, 0.2) is 5.65 Å². The normalized spacial score (nSPS) is 12.3. The molecule has 0 aliphatic rings. The molecule has 0 aliphatic carbocycles. The Morgan fingerprint density at radius 3 is 2.74 bits per heavy atom. The standard InChI is InChI=1S/C28H30N6O3S/c1-16(2)11-20(14-35)32-28(37)25-24(19-8-10-38-15-19)33-26-21(5-4-9-34(25)26)27(36)29-13-18-6-7-22-23(12-18)31-17(3)30-22/h4-10,12,15-16,20,35H,11,13-14H2,1-3H3,(H,29,36)(H,30,31)(H,32,37)/t20-/m0/s1. The molecule has 0 unspecified atom stereocenters. The van der Waals surface area contributed by atoms with Crippen molar-refractivity contribution in [1.82, 2.24) is 30.0 Å². The van der Waals surface area contributed by atoms with Crippen molar-refractivity contribution in [3.8, 4) is 11.3 Å². The van der Waals surface area contributed by atoms with Crippen LogP contribution in [-0.2, 0) is 6.54 Å². The van der Waals surface area contributed by atoms with E-state index in [9.17, 15) is 14.7 Å². The molecule has 0 saturated heterocycles. The first kappa shape index (κ1) is 25.6. The van der Waals surface area contributed by atoms with E-state index in [2.05, 4.69) is 20.6 Å². The van der Waals surface area contributed by atoms with Crippen LogP contribution in [0.4, 0.5) is 0 Å². The van der Waals surface area contributed by atoms with Crippen molar-refractivity contribution in [2.24, 2.45) is 5.92 Å². The molecule has 0 fully saturated rings. The largest absolute Gasteiger partial charge is 0.394 e. The second kappa shape index (κ2) is 10.8. The van der Waals surface area contributed by atoms with Crippen LogP contribution in [0.25, 0.3) is 27.9 Å². The van der Waals surface area contributed by atoms with Crippen molar-refractivity contribution in [2.45, 2.75) is 39.8 Å². The highest BCUT2D eigenvalue weighted by molar-refractivity contribution is 7.08. The third kappa shape index (κ3) is 5.18. The Labute approximate surface area is 224 Å². The van der Waals surface area contributed by atoms with Crippen LogP contribution in [0.1, 0.15) is 52.5 Å². The number of aliphatic hydroxyl groups excluding tert-OH is 1. The molecule has 38 heavy (non-hydrogen) atoms. The van der Waals surface area contributed by atoms with Gasteiger partial charge in [0.2, 0.25) is 0 Å². The number of hydrogen-bond acceptors (Lipinski definition) is 6. The molecule has 10 heteroatoms. The van der Waals surface area contributed by atoms with E-state index in [1.807, 2.05) is 55.8 Å². The summed E-state index contributed by atoms with van der Waals surface area (Å²) in [6.07, 6.45) is 2.37. The van der Waals surface area contributed by atoms with Crippen LogP contribution in [0.5, 0.6) is 0 Å². The number of aryl methyl sites for hydroxylation is 1. The fourth-order valence-corrected chi connectivity index (χ4v) is 5.27. The number of aliphatic hydroxyl groups is 1. The van der Waals surface area contributed by atoms with Crippen LogP contribution in [-0.4, -0.2) is 48.9 Å². The van der Waals surface area contributed by atoms with Crippen LogP contribution in [0.15, 0.2) is 53.4 Å². The van der Waals surface area contributed by atoms with Gasteiger partial charge < -0.3 is 20.7 Å². The number of benzene rings is 1. The van der Waals surface area contributed by atoms with Gasteiger partial charge in [-0.05, 0) is 60.5 Å². The first-order valence-electron chi connectivity index (χ1n) is 12.5. The zero-order valence-electron chi connectivity index (χ0n) is 21.5. The number of fused-ring (bicyclic) bond motifs is 2. The third-order valence-electron chi connectivity index (χ3n) is 6.33. The second-order valence-corrected chi connectivity index (χ2v) is 10.6. The third-order valence-corrected chi connectivity index (χ3v) is 7.02. The van der Waals surface area contributed by atoms with E-state index >= 15 is 0 Å². The molecular weight excluding hydrogens is 500 g/mol. The van der Waals surface area contributed by atoms with Crippen molar-refractivity contribution in [3.63, 3.8) is 0 Å². The average Bonchev–Trinajstić information content (AvgIpc) is 3.63. The number of carbonyl (C=O) groups excluding carboxylic acids is 2. The van der Waals surface area contributed by atoms with Gasteiger partial charge in [-0.15, -0.1) is 0 Å². The van der Waals surface area contributed by atoms with Crippen LogP contribution in [0, 0.1) is 12.8 Å². The van der Waals surface area contributed by atoms with Gasteiger partial charge in [-0.2, -0.15) is 11.3 Å². The summed E-state index contributed by atoms with van der Waals surface area (Å²) >= 11 is 1.50. The minimum atomic E-state index is -0.384. The van der Waals surface area contributed by atoms with E-state index in [1.165, 1.54) is 11.3 Å². The van der Waals surface area contributed by atoms with Gasteiger partial charge >= 0.3 is 0 Å². The summed E-state index contributed by atoms with van der Waals surface area (Å²) in [6, 6.07) is 10.8. The molecule has 5 aromatic rings. The molecule has 1 aromatic carbocycles. The predicted molar refractivity (Wildman–Crippen MR) is 148 cm³/mol. The Kier molecular flexibility index (Phi) is 7.26. The number of hydrogen-bond donors (Lipinski definition) is 4. The van der Waals surface area contributed by atoms with Gasteiger partial charge in [0.05, 0.1) is 29.2 Å². The van der Waals surface area contributed by atoms with Crippen LogP contribution in [0.3, 0.4) is 0 Å². The average molecular weight is 531 g/mol. The molecule has 4 N–H and O–H groups in total. The lowest BCUT2D eigenvalue weighted by Gasteiger charge is -2.18. The number of thiophene rings is 1. The van der Waals surface area contributed by atoms with Gasteiger partial charge in [-0.1, -0.05) is 19.9 Å². The molecule has 4 aromatic heterocycles. The molecule has 0 radical (unpaired) electrons. The van der Waals surface area contributed by atoms with Crippen LogP contribution in [0.2, 0.25) is 0 Å². The molecule has 196 valence electrons. The number of nitrogens with zero attached hydrogens (tertiary/aromatic N) is 3. The summed E-state index contributed by atoms with van der Waals surface area (Å²) < 4.78 is 1.65. The molecule has 0 saturated carbocycles. The molecule has 1 atom stereocenters. The number of aromatic nitrogens is 4. The van der Waals surface area contributed by atoms with E-state index in [-0.39, 0.29) is 24.5 Å². The highest BCUT2D eigenvalue weighted by Gasteiger charge is 2.25. The fourth-order valence-electron chi connectivity index (χ4n) is 4.63. The molecule has 0 spiro atoms. The Morgan fingerprint density at radius 1 is 1.16 bits per heavy atom. The van der Waals surface area contributed by atoms with Crippen molar-refractivity contribution < 1.29 is 14.7 Å². The second-order valence-electron chi connectivity index (χ2n) is 9.78. The molecule has 0 aliphatic heterocycles. The maximum Gasteiger partial charge on any atom is 0.270 e. The van der Waals surface area contributed by atoms with Gasteiger partial charge in [0.25, 0.3) is 11.8 Å². The Morgan fingerprint density at radius 2 is 2.00 bits per heavy atom. The summed E-state index contributed by atoms with van der Waals surface area (Å²) in [5.74, 6) is 0.497. The first-order chi connectivity index (χ1) is 18.3. The number of imidazole rings is 2. The maximum absolute atomic E-state index is 13.5. The summed E-state index contributed by atoms with van der Waals surface area (Å²) in [5.41, 5.74) is 5.08. The molecule has 5 rings (SSSR count). The lowest BCUT2D eigenvalue weighted by Crippen LogP contribution is -2.39. The lowest BCUT2D eigenvalue weighted by molar-refractivity contribution is 0.0901. The first-order valence-corrected chi connectivity index (χ1v) is 13.5. The number of H-pyrrole nitrogens is 1. The molecule has 9 nitrogen and oxygen atoms in total.